The van der Waals surface area contributed by atoms with Crippen LogP contribution in [-0.4, -0.2) is 17.5 Å². The Kier molecular flexibility index (Phi) is 4.70. The number of carbonyl (C=O) groups excluding carboxylic acids is 1. The summed E-state index contributed by atoms with van der Waals surface area (Å²) in [5.41, 5.74) is 6.18. The van der Waals surface area contributed by atoms with Crippen molar-refractivity contribution in [3.05, 3.63) is 101 Å². The van der Waals surface area contributed by atoms with Gasteiger partial charge in [0.15, 0.2) is 0 Å². The Morgan fingerprint density at radius 2 is 1.82 bits per heavy atom. The molecule has 0 radical (unpaired) electrons. The van der Waals surface area contributed by atoms with E-state index in [1.54, 1.807) is 19.1 Å². The van der Waals surface area contributed by atoms with Crippen molar-refractivity contribution in [1.82, 2.24) is 4.40 Å². The molecule has 0 aliphatic carbocycles. The van der Waals surface area contributed by atoms with Gasteiger partial charge in [0.2, 0.25) is 0 Å². The Hall–Kier alpha value is -3.40. The molecule has 2 aromatic heterocycles. The molecule has 0 bridgehead atoms. The first-order chi connectivity index (χ1) is 13.6. The second-order valence-corrected chi connectivity index (χ2v) is 6.80. The van der Waals surface area contributed by atoms with Gasteiger partial charge >= 0.3 is 5.97 Å². The third-order valence-electron chi connectivity index (χ3n) is 5.10. The molecule has 0 saturated heterocycles. The number of benzene rings is 2. The molecule has 4 rings (SSSR count). The van der Waals surface area contributed by atoms with Crippen molar-refractivity contribution in [2.24, 2.45) is 0 Å². The maximum Gasteiger partial charge on any atom is 0.337 e. The molecule has 28 heavy (non-hydrogen) atoms. The largest absolute Gasteiger partial charge is 0.465 e. The Labute approximate surface area is 163 Å². The van der Waals surface area contributed by atoms with Crippen molar-refractivity contribution in [2.45, 2.75) is 13.3 Å². The number of pyridine rings is 1. The normalized spacial score (nSPS) is 11.0. The number of esters is 1. The van der Waals surface area contributed by atoms with E-state index in [-0.39, 0.29) is 11.8 Å². The fourth-order valence-electron chi connectivity index (χ4n) is 3.59. The van der Waals surface area contributed by atoms with E-state index in [0.29, 0.717) is 17.5 Å². The van der Waals surface area contributed by atoms with Gasteiger partial charge in [0.1, 0.15) is 5.82 Å². The number of fused-ring (bicyclic) bond motifs is 1. The molecule has 0 N–H and O–H groups in total. The number of hydrogen-bond acceptors (Lipinski definition) is 2. The summed E-state index contributed by atoms with van der Waals surface area (Å²) in [5.74, 6) is -0.569. The van der Waals surface area contributed by atoms with Crippen LogP contribution in [0.5, 0.6) is 0 Å². The van der Waals surface area contributed by atoms with Crippen LogP contribution in [0.4, 0.5) is 4.39 Å². The number of methoxy groups -OCH3 is 1. The van der Waals surface area contributed by atoms with Crippen molar-refractivity contribution < 1.29 is 13.9 Å². The average Bonchev–Trinajstić information content (AvgIpc) is 3.08. The molecule has 4 heteroatoms. The number of hydrogen-bond donors (Lipinski definition) is 0. The van der Waals surface area contributed by atoms with E-state index in [1.165, 1.54) is 13.2 Å². The van der Waals surface area contributed by atoms with E-state index in [4.69, 9.17) is 4.74 Å². The van der Waals surface area contributed by atoms with E-state index in [2.05, 4.69) is 0 Å². The van der Waals surface area contributed by atoms with Gasteiger partial charge in [-0.1, -0.05) is 42.5 Å². The minimum Gasteiger partial charge on any atom is -0.465 e. The number of rotatable bonds is 4. The molecular formula is C24H20FNO2. The maximum absolute atomic E-state index is 14.0. The minimum absolute atomic E-state index is 0.199. The van der Waals surface area contributed by atoms with Gasteiger partial charge in [-0.25, -0.2) is 9.18 Å². The topological polar surface area (TPSA) is 30.7 Å². The van der Waals surface area contributed by atoms with E-state index in [0.717, 1.165) is 27.8 Å². The molecule has 0 aliphatic rings. The van der Waals surface area contributed by atoms with Crippen LogP contribution in [0.3, 0.4) is 0 Å². The molecule has 0 unspecified atom stereocenters. The summed E-state index contributed by atoms with van der Waals surface area (Å²) < 4.78 is 20.9. The molecule has 3 nitrogen and oxygen atoms in total. The zero-order valence-corrected chi connectivity index (χ0v) is 15.8. The molecule has 0 spiro atoms. The second-order valence-electron chi connectivity index (χ2n) is 6.80. The van der Waals surface area contributed by atoms with Crippen LogP contribution in [-0.2, 0) is 11.2 Å². The molecule has 0 saturated carbocycles. The standard InChI is InChI=1S/C24H20FNO2/c1-16-18(9-6-10-21(16)25)13-20-15-26-12-11-19(24(27)28-2)14-22(26)23(20)17-7-4-3-5-8-17/h3-12,14-15H,13H2,1-2H3. The first-order valence-electron chi connectivity index (χ1n) is 9.10. The SMILES string of the molecule is COC(=O)c1ccn2cc(Cc3cccc(F)c3C)c(-c3ccccc3)c2c1. The van der Waals surface area contributed by atoms with Gasteiger partial charge in [-0.3, -0.25) is 0 Å². The zero-order chi connectivity index (χ0) is 19.7. The minimum atomic E-state index is -0.370. The Balaban J connectivity index is 1.92. The number of ether oxygens (including phenoxy) is 1. The lowest BCUT2D eigenvalue weighted by Gasteiger charge is -2.09. The molecule has 2 aromatic carbocycles. The molecule has 2 heterocycles. The Bertz CT molecular complexity index is 1160. The van der Waals surface area contributed by atoms with Gasteiger partial charge < -0.3 is 9.14 Å². The van der Waals surface area contributed by atoms with E-state index < -0.39 is 0 Å². The highest BCUT2D eigenvalue weighted by Gasteiger charge is 2.16. The van der Waals surface area contributed by atoms with Crippen molar-refractivity contribution in [2.75, 3.05) is 7.11 Å². The smallest absolute Gasteiger partial charge is 0.337 e. The molecule has 0 amide bonds. The molecule has 4 aromatic rings. The fraction of sp³-hybridized carbons (Fsp3) is 0.125. The summed E-state index contributed by atoms with van der Waals surface area (Å²) in [4.78, 5) is 12.0. The van der Waals surface area contributed by atoms with Crippen molar-refractivity contribution in [1.29, 1.82) is 0 Å². The highest BCUT2D eigenvalue weighted by atomic mass is 19.1. The van der Waals surface area contributed by atoms with Gasteiger partial charge in [-0.15, -0.1) is 0 Å². The third kappa shape index (κ3) is 3.18. The van der Waals surface area contributed by atoms with Gasteiger partial charge in [0.25, 0.3) is 0 Å². The number of nitrogens with zero attached hydrogens (tertiary/aromatic N) is 1. The lowest BCUT2D eigenvalue weighted by molar-refractivity contribution is 0.0600. The highest BCUT2D eigenvalue weighted by Crippen LogP contribution is 2.33. The van der Waals surface area contributed by atoms with Crippen molar-refractivity contribution >= 4 is 11.5 Å². The van der Waals surface area contributed by atoms with E-state index >= 15 is 0 Å². The first kappa shape index (κ1) is 18.0. The second kappa shape index (κ2) is 7.31. The number of carbonyl (C=O) groups is 1. The quantitative estimate of drug-likeness (QED) is 0.447. The Morgan fingerprint density at radius 1 is 1.04 bits per heavy atom. The fourth-order valence-corrected chi connectivity index (χ4v) is 3.59. The lowest BCUT2D eigenvalue weighted by Crippen LogP contribution is -2.01. The molecule has 140 valence electrons. The highest BCUT2D eigenvalue weighted by molar-refractivity contribution is 5.93. The van der Waals surface area contributed by atoms with Crippen molar-refractivity contribution in [3.63, 3.8) is 0 Å². The van der Waals surface area contributed by atoms with Crippen LogP contribution in [0, 0.1) is 12.7 Å². The average molecular weight is 373 g/mol. The van der Waals surface area contributed by atoms with Crippen molar-refractivity contribution in [3.8, 4) is 11.1 Å². The van der Waals surface area contributed by atoms with Crippen LogP contribution in [0.25, 0.3) is 16.6 Å². The molecule has 0 atom stereocenters. The number of halogens is 1. The van der Waals surface area contributed by atoms with Crippen LogP contribution in [0.1, 0.15) is 27.0 Å². The predicted molar refractivity (Wildman–Crippen MR) is 108 cm³/mol. The maximum atomic E-state index is 14.0. The van der Waals surface area contributed by atoms with E-state index in [1.807, 2.05) is 59.3 Å². The van der Waals surface area contributed by atoms with E-state index in [9.17, 15) is 9.18 Å². The Morgan fingerprint density at radius 3 is 2.57 bits per heavy atom. The molecular weight excluding hydrogens is 353 g/mol. The summed E-state index contributed by atoms with van der Waals surface area (Å²) in [6.07, 6.45) is 4.50. The molecule has 0 fully saturated rings. The van der Waals surface area contributed by atoms with Crippen LogP contribution >= 0.6 is 0 Å². The zero-order valence-electron chi connectivity index (χ0n) is 15.8. The summed E-state index contributed by atoms with van der Waals surface area (Å²) in [5, 5.41) is 0. The third-order valence-corrected chi connectivity index (χ3v) is 5.10. The first-order valence-corrected chi connectivity index (χ1v) is 9.10. The van der Waals surface area contributed by atoms with Crippen LogP contribution < -0.4 is 0 Å². The van der Waals surface area contributed by atoms with Gasteiger partial charge in [-0.2, -0.15) is 0 Å². The lowest BCUT2D eigenvalue weighted by atomic mass is 9.95. The monoisotopic (exact) mass is 373 g/mol. The van der Waals surface area contributed by atoms with Gasteiger partial charge in [0.05, 0.1) is 18.2 Å². The summed E-state index contributed by atoms with van der Waals surface area (Å²) in [6, 6.07) is 18.8. The summed E-state index contributed by atoms with van der Waals surface area (Å²) >= 11 is 0. The van der Waals surface area contributed by atoms with Gasteiger partial charge in [-0.05, 0) is 53.8 Å². The predicted octanol–water partition coefficient (Wildman–Crippen LogP) is 5.43. The van der Waals surface area contributed by atoms with Gasteiger partial charge in [0, 0.05) is 18.0 Å². The van der Waals surface area contributed by atoms with Crippen LogP contribution in [0.15, 0.2) is 73.1 Å². The van der Waals surface area contributed by atoms with Crippen LogP contribution in [0.2, 0.25) is 0 Å². The summed E-state index contributed by atoms with van der Waals surface area (Å²) in [6.45, 7) is 1.80. The summed E-state index contributed by atoms with van der Waals surface area (Å²) in [7, 11) is 1.38. The molecule has 0 aliphatic heterocycles. The number of aromatic nitrogens is 1.